The second-order valence-electron chi connectivity index (χ2n) is 8.81. The van der Waals surface area contributed by atoms with Crippen LogP contribution in [0.15, 0.2) is 35.5 Å². The molecule has 1 aromatic carbocycles. The zero-order valence-corrected chi connectivity index (χ0v) is 19.4. The largest absolute Gasteiger partial charge is 0.494 e. The minimum atomic E-state index is -1.10. The molecule has 1 saturated carbocycles. The first-order chi connectivity index (χ1) is 15.4. The third-order valence-corrected chi connectivity index (χ3v) is 8.14. The van der Waals surface area contributed by atoms with E-state index in [1.807, 2.05) is 24.3 Å². The van der Waals surface area contributed by atoms with Crippen LogP contribution in [0.2, 0.25) is 0 Å². The summed E-state index contributed by atoms with van der Waals surface area (Å²) in [6.45, 7) is 4.52. The monoisotopic (exact) mass is 458 g/mol. The van der Waals surface area contributed by atoms with E-state index in [-0.39, 0.29) is 22.9 Å². The summed E-state index contributed by atoms with van der Waals surface area (Å²) in [4.78, 5) is 39.3. The molecule has 7 nitrogen and oxygen atoms in total. The molecule has 1 aromatic rings. The third kappa shape index (κ3) is 3.89. The highest BCUT2D eigenvalue weighted by molar-refractivity contribution is 8.00. The lowest BCUT2D eigenvalue weighted by molar-refractivity contribution is -0.151. The minimum Gasteiger partial charge on any atom is -0.494 e. The molecule has 3 aliphatic rings. The second-order valence-corrected chi connectivity index (χ2v) is 9.92. The predicted octanol–water partition coefficient (Wildman–Crippen LogP) is 3.44. The number of thioether (sulfide) groups is 1. The Kier molecular flexibility index (Phi) is 6.51. The number of carboxylic acid groups (broad SMARTS) is 1. The molecule has 0 bridgehead atoms. The van der Waals surface area contributed by atoms with Crippen molar-refractivity contribution in [3.8, 4) is 5.75 Å². The van der Waals surface area contributed by atoms with E-state index in [4.69, 9.17) is 4.74 Å². The van der Waals surface area contributed by atoms with Crippen molar-refractivity contribution in [1.82, 2.24) is 10.2 Å². The van der Waals surface area contributed by atoms with E-state index < -0.39 is 17.4 Å². The number of amides is 2. The molecule has 1 saturated heterocycles. The van der Waals surface area contributed by atoms with Crippen LogP contribution < -0.4 is 10.1 Å². The normalized spacial score (nSPS) is 24.1. The Bertz CT molecular complexity index is 936. The number of hydrogen-bond acceptors (Lipinski definition) is 5. The number of nitrogens with one attached hydrogen (secondary N) is 1. The summed E-state index contributed by atoms with van der Waals surface area (Å²) >= 11 is 1.50. The maximum Gasteiger partial charge on any atom is 0.352 e. The summed E-state index contributed by atoms with van der Waals surface area (Å²) in [7, 11) is 0. The fourth-order valence-corrected chi connectivity index (χ4v) is 6.18. The van der Waals surface area contributed by atoms with E-state index in [1.54, 1.807) is 6.92 Å². The van der Waals surface area contributed by atoms with E-state index in [1.165, 1.54) is 16.7 Å². The van der Waals surface area contributed by atoms with Gasteiger partial charge in [-0.3, -0.25) is 14.5 Å². The van der Waals surface area contributed by atoms with E-state index in [0.717, 1.165) is 49.8 Å². The summed E-state index contributed by atoms with van der Waals surface area (Å²) in [6.07, 6.45) is 5.44. The molecule has 32 heavy (non-hydrogen) atoms. The number of hydrogen-bond donors (Lipinski definition) is 2. The first kappa shape index (κ1) is 22.7. The Hall–Kier alpha value is -2.48. The van der Waals surface area contributed by atoms with Crippen molar-refractivity contribution < 1.29 is 24.2 Å². The zero-order valence-electron chi connectivity index (χ0n) is 18.6. The number of carbonyl (C=O) groups is 3. The lowest BCUT2D eigenvalue weighted by atomic mass is 9.77. The van der Waals surface area contributed by atoms with Gasteiger partial charge in [-0.1, -0.05) is 38.3 Å². The molecule has 2 heterocycles. The van der Waals surface area contributed by atoms with Gasteiger partial charge in [-0.15, -0.1) is 11.8 Å². The number of carboxylic acids is 1. The van der Waals surface area contributed by atoms with Crippen LogP contribution in [0.25, 0.3) is 0 Å². The summed E-state index contributed by atoms with van der Waals surface area (Å²) in [5.41, 5.74) is 1.00. The highest BCUT2D eigenvalue weighted by Gasteiger charge is 2.55. The lowest BCUT2D eigenvalue weighted by Crippen LogP contribution is -2.71. The van der Waals surface area contributed by atoms with Gasteiger partial charge in [0.15, 0.2) is 0 Å². The Labute approximate surface area is 192 Å². The van der Waals surface area contributed by atoms with Crippen molar-refractivity contribution in [3.63, 3.8) is 0 Å². The van der Waals surface area contributed by atoms with E-state index in [9.17, 15) is 19.5 Å². The van der Waals surface area contributed by atoms with Crippen molar-refractivity contribution in [1.29, 1.82) is 0 Å². The number of fused-ring (bicyclic) bond motifs is 1. The Morgan fingerprint density at radius 1 is 1.25 bits per heavy atom. The number of unbranched alkanes of at least 4 members (excludes halogenated alkanes) is 1. The van der Waals surface area contributed by atoms with Gasteiger partial charge in [0.25, 0.3) is 5.91 Å². The molecule has 8 heteroatoms. The smallest absolute Gasteiger partial charge is 0.352 e. The van der Waals surface area contributed by atoms with Crippen LogP contribution in [0, 0.1) is 0 Å². The zero-order chi connectivity index (χ0) is 22.9. The maximum atomic E-state index is 13.5. The van der Waals surface area contributed by atoms with Crippen LogP contribution in [0.3, 0.4) is 0 Å². The summed E-state index contributed by atoms with van der Waals surface area (Å²) in [5.74, 6) is -0.258. The van der Waals surface area contributed by atoms with Crippen molar-refractivity contribution in [2.75, 3.05) is 12.4 Å². The highest BCUT2D eigenvalue weighted by Crippen LogP contribution is 2.44. The molecule has 0 unspecified atom stereocenters. The molecule has 2 N–H and O–H groups in total. The number of benzene rings is 1. The first-order valence-corrected chi connectivity index (χ1v) is 12.4. The van der Waals surface area contributed by atoms with Gasteiger partial charge >= 0.3 is 5.97 Å². The molecule has 0 aromatic heterocycles. The molecule has 2 fully saturated rings. The molecule has 4 rings (SSSR count). The number of aliphatic carboxylic acids is 1. The van der Waals surface area contributed by atoms with Gasteiger partial charge in [0, 0.05) is 5.75 Å². The topological polar surface area (TPSA) is 95.9 Å². The predicted molar refractivity (Wildman–Crippen MR) is 122 cm³/mol. The Morgan fingerprint density at radius 3 is 2.56 bits per heavy atom. The molecule has 2 aliphatic heterocycles. The molecular weight excluding hydrogens is 428 g/mol. The SMILES string of the molecule is CCCCOc1ccc(C2(C(=O)N[C@@H]3C(=O)N4C(C(=O)O)=C(C)CS[C@H]34)CCCC2)cc1. The first-order valence-electron chi connectivity index (χ1n) is 11.3. The summed E-state index contributed by atoms with van der Waals surface area (Å²) < 4.78 is 5.75. The maximum absolute atomic E-state index is 13.5. The van der Waals surface area contributed by atoms with Gasteiger partial charge in [0.2, 0.25) is 5.91 Å². The van der Waals surface area contributed by atoms with Gasteiger partial charge in [-0.25, -0.2) is 4.79 Å². The Balaban J connectivity index is 1.49. The molecule has 2 amide bonds. The van der Waals surface area contributed by atoms with Gasteiger partial charge in [0.1, 0.15) is 22.9 Å². The molecule has 0 spiro atoms. The number of β-lactam (4-membered cyclic amide) rings is 1. The van der Waals surface area contributed by atoms with Crippen molar-refractivity contribution >= 4 is 29.5 Å². The van der Waals surface area contributed by atoms with Gasteiger partial charge < -0.3 is 15.2 Å². The molecular formula is C24H30N2O5S. The second kappa shape index (κ2) is 9.17. The minimum absolute atomic E-state index is 0.0542. The van der Waals surface area contributed by atoms with Crippen LogP contribution in [0.4, 0.5) is 0 Å². The third-order valence-electron chi connectivity index (χ3n) is 6.71. The fourth-order valence-electron chi connectivity index (χ4n) is 4.88. The van der Waals surface area contributed by atoms with E-state index >= 15 is 0 Å². The van der Waals surface area contributed by atoms with E-state index in [0.29, 0.717) is 17.9 Å². The molecule has 1 aliphatic carbocycles. The van der Waals surface area contributed by atoms with Crippen LogP contribution in [-0.2, 0) is 19.8 Å². The van der Waals surface area contributed by atoms with Crippen LogP contribution in [0.5, 0.6) is 5.75 Å². The molecule has 2 atom stereocenters. The van der Waals surface area contributed by atoms with Gasteiger partial charge in [-0.05, 0) is 49.5 Å². The average Bonchev–Trinajstić information content (AvgIpc) is 3.29. The number of ether oxygens (including phenoxy) is 1. The highest BCUT2D eigenvalue weighted by atomic mass is 32.2. The molecule has 0 radical (unpaired) electrons. The van der Waals surface area contributed by atoms with Gasteiger partial charge in [-0.2, -0.15) is 0 Å². The van der Waals surface area contributed by atoms with Crippen LogP contribution in [-0.4, -0.2) is 51.6 Å². The van der Waals surface area contributed by atoms with Crippen molar-refractivity contribution in [2.45, 2.75) is 69.2 Å². The van der Waals surface area contributed by atoms with E-state index in [2.05, 4.69) is 12.2 Å². The number of carbonyl (C=O) groups excluding carboxylic acids is 2. The Morgan fingerprint density at radius 2 is 1.94 bits per heavy atom. The molecule has 172 valence electrons. The number of rotatable bonds is 8. The van der Waals surface area contributed by atoms with Gasteiger partial charge in [0.05, 0.1) is 12.0 Å². The fraction of sp³-hybridized carbons (Fsp3) is 0.542. The quantitative estimate of drug-likeness (QED) is 0.458. The van der Waals surface area contributed by atoms with Crippen molar-refractivity contribution in [3.05, 3.63) is 41.1 Å². The summed E-state index contributed by atoms with van der Waals surface area (Å²) in [6, 6.07) is 7.07. The standard InChI is InChI=1S/C24H30N2O5S/c1-3-4-13-31-17-9-7-16(8-10-17)24(11-5-6-12-24)23(30)25-18-20(27)26-19(22(28)29)15(2)14-32-21(18)26/h7-10,18,21H,3-6,11-14H2,1-2H3,(H,25,30)(H,28,29)/t18-,21-/m1/s1. The summed E-state index contributed by atoms with van der Waals surface area (Å²) in [5, 5.41) is 12.1. The lowest BCUT2D eigenvalue weighted by Gasteiger charge is -2.50. The van der Waals surface area contributed by atoms with Crippen molar-refractivity contribution in [2.24, 2.45) is 0 Å². The average molecular weight is 459 g/mol. The number of nitrogens with zero attached hydrogens (tertiary/aromatic N) is 1. The van der Waals surface area contributed by atoms with Crippen LogP contribution in [0.1, 0.15) is 57.9 Å². The van der Waals surface area contributed by atoms with Crippen LogP contribution >= 0.6 is 11.8 Å².